The Kier molecular flexibility index (Phi) is 9.22. The highest BCUT2D eigenvalue weighted by molar-refractivity contribution is 6.30. The third-order valence-corrected chi connectivity index (χ3v) is 7.50. The molecule has 0 radical (unpaired) electrons. The number of halogens is 1. The molecule has 0 aliphatic carbocycles. The SMILES string of the molecule is CC(C)[C@@H](NC(=O)c1cccc(-c2ccc(C(=NN)NN)cc2)c1)C(=O)N1CCC(c2ccc(Cl)cc2)CC1. The zero-order valence-electron chi connectivity index (χ0n) is 22.2. The highest BCUT2D eigenvalue weighted by atomic mass is 35.5. The van der Waals surface area contributed by atoms with Crippen LogP contribution in [0, 0.1) is 5.92 Å². The van der Waals surface area contributed by atoms with Crippen molar-refractivity contribution >= 4 is 29.3 Å². The molecule has 1 aliphatic rings. The second-order valence-corrected chi connectivity index (χ2v) is 10.6. The number of rotatable bonds is 7. The topological polar surface area (TPSA) is 126 Å². The summed E-state index contributed by atoms with van der Waals surface area (Å²) in [5.74, 6) is 11.2. The molecule has 0 unspecified atom stereocenters. The van der Waals surface area contributed by atoms with Gasteiger partial charge < -0.3 is 21.5 Å². The zero-order chi connectivity index (χ0) is 27.9. The summed E-state index contributed by atoms with van der Waals surface area (Å²) in [6.07, 6.45) is 1.76. The Labute approximate surface area is 234 Å². The summed E-state index contributed by atoms with van der Waals surface area (Å²) in [5.41, 5.74) is 6.73. The van der Waals surface area contributed by atoms with E-state index in [9.17, 15) is 9.59 Å². The number of piperidine rings is 1. The Hall–Kier alpha value is -3.88. The summed E-state index contributed by atoms with van der Waals surface area (Å²) in [6, 6.07) is 22.2. The maximum absolute atomic E-state index is 13.5. The number of amides is 2. The van der Waals surface area contributed by atoms with Crippen LogP contribution in [-0.4, -0.2) is 41.7 Å². The fraction of sp³-hybridized carbons (Fsp3) is 0.300. The van der Waals surface area contributed by atoms with Gasteiger partial charge in [0, 0.05) is 29.2 Å². The monoisotopic (exact) mass is 546 g/mol. The van der Waals surface area contributed by atoms with Crippen molar-refractivity contribution in [1.29, 1.82) is 0 Å². The largest absolute Gasteiger partial charge is 0.341 e. The van der Waals surface area contributed by atoms with E-state index in [-0.39, 0.29) is 17.7 Å². The average molecular weight is 547 g/mol. The molecule has 3 aromatic carbocycles. The number of hydrogen-bond donors (Lipinski definition) is 4. The number of nitrogens with two attached hydrogens (primary N) is 2. The van der Waals surface area contributed by atoms with E-state index in [1.54, 1.807) is 6.07 Å². The van der Waals surface area contributed by atoms with E-state index in [0.29, 0.717) is 30.4 Å². The Balaban J connectivity index is 1.42. The van der Waals surface area contributed by atoms with Gasteiger partial charge in [-0.15, -0.1) is 0 Å². The van der Waals surface area contributed by atoms with Crippen molar-refractivity contribution in [1.82, 2.24) is 15.6 Å². The van der Waals surface area contributed by atoms with Crippen LogP contribution in [0.2, 0.25) is 5.02 Å². The van der Waals surface area contributed by atoms with Gasteiger partial charge in [0.1, 0.15) is 6.04 Å². The summed E-state index contributed by atoms with van der Waals surface area (Å²) in [4.78, 5) is 28.6. The summed E-state index contributed by atoms with van der Waals surface area (Å²) in [6.45, 7) is 5.23. The quantitative estimate of drug-likeness (QED) is 0.152. The number of nitrogens with zero attached hydrogens (tertiary/aromatic N) is 2. The summed E-state index contributed by atoms with van der Waals surface area (Å²) in [5, 5.41) is 7.34. The lowest BCUT2D eigenvalue weighted by Gasteiger charge is -2.35. The van der Waals surface area contributed by atoms with Crippen LogP contribution in [0.4, 0.5) is 0 Å². The number of carbonyl (C=O) groups excluding carboxylic acids is 2. The molecule has 8 nitrogen and oxygen atoms in total. The van der Waals surface area contributed by atoms with E-state index in [2.05, 4.69) is 28.0 Å². The van der Waals surface area contributed by atoms with Gasteiger partial charge in [0.2, 0.25) is 5.91 Å². The molecule has 1 atom stereocenters. The molecule has 0 aromatic heterocycles. The number of hydrogen-bond acceptors (Lipinski definition) is 5. The molecule has 1 fully saturated rings. The molecule has 1 saturated heterocycles. The van der Waals surface area contributed by atoms with Gasteiger partial charge in [-0.25, -0.2) is 5.84 Å². The van der Waals surface area contributed by atoms with E-state index in [1.165, 1.54) is 5.56 Å². The van der Waals surface area contributed by atoms with Gasteiger partial charge in [-0.1, -0.05) is 74.0 Å². The normalized spacial score (nSPS) is 15.2. The van der Waals surface area contributed by atoms with Crippen LogP contribution in [0.5, 0.6) is 0 Å². The van der Waals surface area contributed by atoms with Crippen LogP contribution in [-0.2, 0) is 4.79 Å². The first-order valence-electron chi connectivity index (χ1n) is 13.1. The van der Waals surface area contributed by atoms with Gasteiger partial charge in [0.25, 0.3) is 5.91 Å². The molecule has 1 heterocycles. The van der Waals surface area contributed by atoms with E-state index in [4.69, 9.17) is 23.3 Å². The van der Waals surface area contributed by atoms with Crippen molar-refractivity contribution in [2.45, 2.75) is 38.6 Å². The van der Waals surface area contributed by atoms with Gasteiger partial charge in [-0.2, -0.15) is 5.10 Å². The molecular weight excluding hydrogens is 512 g/mol. The van der Waals surface area contributed by atoms with Crippen LogP contribution in [0.15, 0.2) is 77.9 Å². The van der Waals surface area contributed by atoms with Gasteiger partial charge in [-0.05, 0) is 65.6 Å². The van der Waals surface area contributed by atoms with Crippen molar-refractivity contribution in [2.24, 2.45) is 22.7 Å². The lowest BCUT2D eigenvalue weighted by molar-refractivity contribution is -0.135. The predicted molar refractivity (Wildman–Crippen MR) is 156 cm³/mol. The molecule has 3 aromatic rings. The minimum Gasteiger partial charge on any atom is -0.341 e. The number of hydrazine groups is 1. The number of likely N-dealkylation sites (tertiary alicyclic amines) is 1. The molecule has 2 amide bonds. The maximum Gasteiger partial charge on any atom is 0.251 e. The standard InChI is InChI=1S/C30H35ClN6O2/c1-19(2)27(30(39)37-16-14-22(15-17-37)20-10-12-26(31)13-11-20)34-29(38)25-5-3-4-24(18-25)21-6-8-23(9-7-21)28(35-32)36-33/h3-13,18-19,22,27H,14-17,32-33H2,1-2H3,(H,34,38)(H,35,36)/t27-/m1/s1. The molecule has 1 aliphatic heterocycles. The average Bonchev–Trinajstić information content (AvgIpc) is 2.97. The van der Waals surface area contributed by atoms with Crippen molar-refractivity contribution < 1.29 is 9.59 Å². The molecular formula is C30H35ClN6O2. The van der Waals surface area contributed by atoms with Crippen LogP contribution >= 0.6 is 11.6 Å². The lowest BCUT2D eigenvalue weighted by atomic mass is 9.89. The predicted octanol–water partition coefficient (Wildman–Crippen LogP) is 4.25. The molecule has 6 N–H and O–H groups in total. The van der Waals surface area contributed by atoms with E-state index in [1.807, 2.05) is 73.3 Å². The Morgan fingerprint density at radius 3 is 2.21 bits per heavy atom. The zero-order valence-corrected chi connectivity index (χ0v) is 23.0. The van der Waals surface area contributed by atoms with Crippen molar-refractivity contribution in [3.8, 4) is 11.1 Å². The fourth-order valence-electron chi connectivity index (χ4n) is 4.96. The number of amidine groups is 1. The molecule has 4 rings (SSSR count). The number of carbonyl (C=O) groups is 2. The lowest BCUT2D eigenvalue weighted by Crippen LogP contribution is -2.52. The Morgan fingerprint density at radius 2 is 1.62 bits per heavy atom. The second kappa shape index (κ2) is 12.8. The molecule has 0 saturated carbocycles. The minimum atomic E-state index is -0.606. The number of nitrogens with one attached hydrogen (secondary N) is 2. The fourth-order valence-corrected chi connectivity index (χ4v) is 5.08. The summed E-state index contributed by atoms with van der Waals surface area (Å²) in [7, 11) is 0. The van der Waals surface area contributed by atoms with Crippen LogP contribution < -0.4 is 22.4 Å². The van der Waals surface area contributed by atoms with Crippen LogP contribution in [0.1, 0.15) is 54.1 Å². The van der Waals surface area contributed by atoms with Gasteiger partial charge in [0.15, 0.2) is 5.84 Å². The third kappa shape index (κ3) is 6.77. The molecule has 0 spiro atoms. The van der Waals surface area contributed by atoms with Crippen LogP contribution in [0.3, 0.4) is 0 Å². The van der Waals surface area contributed by atoms with Crippen LogP contribution in [0.25, 0.3) is 11.1 Å². The highest BCUT2D eigenvalue weighted by Crippen LogP contribution is 2.29. The third-order valence-electron chi connectivity index (χ3n) is 7.25. The first-order chi connectivity index (χ1) is 18.8. The van der Waals surface area contributed by atoms with Gasteiger partial charge in [-0.3, -0.25) is 9.59 Å². The van der Waals surface area contributed by atoms with E-state index in [0.717, 1.165) is 34.6 Å². The Morgan fingerprint density at radius 1 is 0.949 bits per heavy atom. The van der Waals surface area contributed by atoms with E-state index < -0.39 is 6.04 Å². The first kappa shape index (κ1) is 28.1. The summed E-state index contributed by atoms with van der Waals surface area (Å²) >= 11 is 6.03. The highest BCUT2D eigenvalue weighted by Gasteiger charge is 2.31. The Bertz CT molecular complexity index is 1320. The maximum atomic E-state index is 13.5. The summed E-state index contributed by atoms with van der Waals surface area (Å²) < 4.78 is 0. The number of benzene rings is 3. The number of hydrazone groups is 1. The smallest absolute Gasteiger partial charge is 0.251 e. The molecule has 0 bridgehead atoms. The van der Waals surface area contributed by atoms with Crippen molar-refractivity contribution in [3.05, 3.63) is 94.5 Å². The van der Waals surface area contributed by atoms with E-state index >= 15 is 0 Å². The molecule has 204 valence electrons. The van der Waals surface area contributed by atoms with Crippen molar-refractivity contribution in [3.63, 3.8) is 0 Å². The van der Waals surface area contributed by atoms with Crippen molar-refractivity contribution in [2.75, 3.05) is 13.1 Å². The van der Waals surface area contributed by atoms with Gasteiger partial charge >= 0.3 is 0 Å². The minimum absolute atomic E-state index is 0.0365. The molecule has 39 heavy (non-hydrogen) atoms. The second-order valence-electron chi connectivity index (χ2n) is 10.1. The van der Waals surface area contributed by atoms with Gasteiger partial charge in [0.05, 0.1) is 0 Å². The first-order valence-corrected chi connectivity index (χ1v) is 13.5. The molecule has 9 heteroatoms.